The summed E-state index contributed by atoms with van der Waals surface area (Å²) in [7, 11) is 0. The standard InChI is InChI=1S/C21H21N3O3/c1-13-9-14(2)19(15(3)10-13)24-20(25)16-6-7-22-18(11-16)21(26)23-12-17-5-4-8-27-17/h4-11H,12H2,1-3H3,(H,23,26)(H,24,25). The maximum absolute atomic E-state index is 12.6. The zero-order valence-corrected chi connectivity index (χ0v) is 15.5. The zero-order chi connectivity index (χ0) is 19.4. The minimum absolute atomic E-state index is 0.173. The fraction of sp³-hybridized carbons (Fsp3) is 0.190. The van der Waals surface area contributed by atoms with E-state index in [1.54, 1.807) is 24.5 Å². The van der Waals surface area contributed by atoms with Gasteiger partial charge < -0.3 is 15.1 Å². The summed E-state index contributed by atoms with van der Waals surface area (Å²) in [6.45, 7) is 6.18. The molecule has 0 spiro atoms. The number of aryl methyl sites for hydroxylation is 3. The summed E-state index contributed by atoms with van der Waals surface area (Å²) in [6, 6.07) is 10.6. The first-order chi connectivity index (χ1) is 12.9. The van der Waals surface area contributed by atoms with Crippen LogP contribution in [0.15, 0.2) is 53.3 Å². The Morgan fingerprint density at radius 3 is 2.44 bits per heavy atom. The first-order valence-electron chi connectivity index (χ1n) is 8.60. The molecular formula is C21H21N3O3. The lowest BCUT2D eigenvalue weighted by molar-refractivity contribution is 0.0943. The summed E-state index contributed by atoms with van der Waals surface area (Å²) in [4.78, 5) is 29.0. The Morgan fingerprint density at radius 1 is 1.04 bits per heavy atom. The van der Waals surface area contributed by atoms with Gasteiger partial charge in [-0.2, -0.15) is 0 Å². The van der Waals surface area contributed by atoms with Crippen molar-refractivity contribution in [2.75, 3.05) is 5.32 Å². The van der Waals surface area contributed by atoms with Gasteiger partial charge in [0.15, 0.2) is 0 Å². The molecule has 0 bridgehead atoms. The number of anilines is 1. The number of carbonyl (C=O) groups is 2. The second kappa shape index (κ2) is 7.86. The van der Waals surface area contributed by atoms with Gasteiger partial charge in [-0.25, -0.2) is 0 Å². The van der Waals surface area contributed by atoms with E-state index in [1.807, 2.05) is 32.9 Å². The molecule has 0 fully saturated rings. The van der Waals surface area contributed by atoms with Gasteiger partial charge in [-0.1, -0.05) is 17.7 Å². The van der Waals surface area contributed by atoms with Crippen molar-refractivity contribution in [3.8, 4) is 0 Å². The smallest absolute Gasteiger partial charge is 0.270 e. The van der Waals surface area contributed by atoms with Crippen LogP contribution >= 0.6 is 0 Å². The van der Waals surface area contributed by atoms with Gasteiger partial charge in [-0.15, -0.1) is 0 Å². The largest absolute Gasteiger partial charge is 0.467 e. The lowest BCUT2D eigenvalue weighted by Gasteiger charge is -2.13. The van der Waals surface area contributed by atoms with Gasteiger partial charge in [0.1, 0.15) is 11.5 Å². The van der Waals surface area contributed by atoms with Gasteiger partial charge in [0, 0.05) is 17.4 Å². The van der Waals surface area contributed by atoms with Crippen LogP contribution in [-0.4, -0.2) is 16.8 Å². The Morgan fingerprint density at radius 2 is 1.78 bits per heavy atom. The average Bonchev–Trinajstić information content (AvgIpc) is 3.16. The van der Waals surface area contributed by atoms with Crippen LogP contribution < -0.4 is 10.6 Å². The molecule has 0 atom stereocenters. The van der Waals surface area contributed by atoms with Crippen LogP contribution in [0.25, 0.3) is 0 Å². The van der Waals surface area contributed by atoms with E-state index in [0.717, 1.165) is 22.4 Å². The number of pyridine rings is 1. The maximum atomic E-state index is 12.6. The monoisotopic (exact) mass is 363 g/mol. The summed E-state index contributed by atoms with van der Waals surface area (Å²) in [6.07, 6.45) is 2.99. The highest BCUT2D eigenvalue weighted by Gasteiger charge is 2.14. The van der Waals surface area contributed by atoms with Crippen molar-refractivity contribution >= 4 is 17.5 Å². The SMILES string of the molecule is Cc1cc(C)c(NC(=O)c2ccnc(C(=O)NCc3ccco3)c2)c(C)c1. The lowest BCUT2D eigenvalue weighted by atomic mass is 10.0. The van der Waals surface area contributed by atoms with Crippen LogP contribution in [0.1, 0.15) is 43.3 Å². The second-order valence-electron chi connectivity index (χ2n) is 6.42. The molecule has 1 aromatic carbocycles. The minimum Gasteiger partial charge on any atom is -0.467 e. The average molecular weight is 363 g/mol. The summed E-state index contributed by atoms with van der Waals surface area (Å²) in [5, 5.41) is 5.64. The van der Waals surface area contributed by atoms with Crippen molar-refractivity contribution < 1.29 is 14.0 Å². The van der Waals surface area contributed by atoms with Crippen molar-refractivity contribution in [3.63, 3.8) is 0 Å². The number of nitrogens with one attached hydrogen (secondary N) is 2. The summed E-state index contributed by atoms with van der Waals surface area (Å²) in [5.41, 5.74) is 4.45. The van der Waals surface area contributed by atoms with E-state index in [1.165, 1.54) is 12.3 Å². The quantitative estimate of drug-likeness (QED) is 0.722. The van der Waals surface area contributed by atoms with Crippen molar-refractivity contribution in [1.82, 2.24) is 10.3 Å². The van der Waals surface area contributed by atoms with E-state index in [4.69, 9.17) is 4.42 Å². The molecule has 0 aliphatic rings. The van der Waals surface area contributed by atoms with Crippen molar-refractivity contribution in [3.05, 3.63) is 82.6 Å². The van der Waals surface area contributed by atoms with Crippen LogP contribution in [0, 0.1) is 20.8 Å². The Balaban J connectivity index is 1.73. The normalized spacial score (nSPS) is 10.5. The second-order valence-corrected chi connectivity index (χ2v) is 6.42. The van der Waals surface area contributed by atoms with E-state index in [0.29, 0.717) is 11.3 Å². The number of carbonyl (C=O) groups excluding carboxylic acids is 2. The number of rotatable bonds is 5. The van der Waals surface area contributed by atoms with Gasteiger partial charge in [-0.05, 0) is 56.2 Å². The molecule has 0 saturated heterocycles. The summed E-state index contributed by atoms with van der Waals surface area (Å²) in [5.74, 6) is -0.0150. The molecule has 2 heterocycles. The van der Waals surface area contributed by atoms with Crippen LogP contribution in [-0.2, 0) is 6.54 Å². The fourth-order valence-corrected chi connectivity index (χ4v) is 2.93. The zero-order valence-electron chi connectivity index (χ0n) is 15.5. The highest BCUT2D eigenvalue weighted by molar-refractivity contribution is 6.06. The molecule has 0 saturated carbocycles. The molecule has 27 heavy (non-hydrogen) atoms. The number of nitrogens with zero attached hydrogens (tertiary/aromatic N) is 1. The summed E-state index contributed by atoms with van der Waals surface area (Å²) >= 11 is 0. The predicted molar refractivity (Wildman–Crippen MR) is 103 cm³/mol. The van der Waals surface area contributed by atoms with Gasteiger partial charge in [0.05, 0.1) is 12.8 Å². The molecule has 3 rings (SSSR count). The Bertz CT molecular complexity index is 955. The van der Waals surface area contributed by atoms with E-state index in [9.17, 15) is 9.59 Å². The van der Waals surface area contributed by atoms with Gasteiger partial charge in [-0.3, -0.25) is 14.6 Å². The number of amides is 2. The number of benzene rings is 1. The molecule has 138 valence electrons. The van der Waals surface area contributed by atoms with Crippen molar-refractivity contribution in [2.24, 2.45) is 0 Å². The van der Waals surface area contributed by atoms with Crippen LogP contribution in [0.2, 0.25) is 0 Å². The van der Waals surface area contributed by atoms with Gasteiger partial charge in [0.2, 0.25) is 0 Å². The first-order valence-corrected chi connectivity index (χ1v) is 8.60. The highest BCUT2D eigenvalue weighted by atomic mass is 16.3. The molecule has 2 amide bonds. The highest BCUT2D eigenvalue weighted by Crippen LogP contribution is 2.22. The predicted octanol–water partition coefficient (Wildman–Crippen LogP) is 3.78. The Labute approximate surface area is 157 Å². The molecule has 2 N–H and O–H groups in total. The topological polar surface area (TPSA) is 84.2 Å². The number of hydrogen-bond donors (Lipinski definition) is 2. The van der Waals surface area contributed by atoms with Gasteiger partial charge in [0.25, 0.3) is 11.8 Å². The Kier molecular flexibility index (Phi) is 5.35. The molecule has 0 unspecified atom stereocenters. The molecule has 2 aromatic heterocycles. The third kappa shape index (κ3) is 4.41. The summed E-state index contributed by atoms with van der Waals surface area (Å²) < 4.78 is 5.18. The molecule has 0 aliphatic carbocycles. The molecular weight excluding hydrogens is 342 g/mol. The molecule has 0 radical (unpaired) electrons. The number of aromatic nitrogens is 1. The van der Waals surface area contributed by atoms with Crippen molar-refractivity contribution in [1.29, 1.82) is 0 Å². The molecule has 0 aliphatic heterocycles. The van der Waals surface area contributed by atoms with E-state index in [2.05, 4.69) is 15.6 Å². The van der Waals surface area contributed by atoms with E-state index >= 15 is 0 Å². The number of hydrogen-bond acceptors (Lipinski definition) is 4. The number of furan rings is 1. The third-order valence-electron chi connectivity index (χ3n) is 4.17. The van der Waals surface area contributed by atoms with E-state index in [-0.39, 0.29) is 24.1 Å². The third-order valence-corrected chi connectivity index (χ3v) is 4.17. The lowest BCUT2D eigenvalue weighted by Crippen LogP contribution is -2.24. The fourth-order valence-electron chi connectivity index (χ4n) is 2.93. The van der Waals surface area contributed by atoms with Crippen LogP contribution in [0.5, 0.6) is 0 Å². The minimum atomic E-state index is -0.372. The molecule has 6 heteroatoms. The maximum Gasteiger partial charge on any atom is 0.270 e. The van der Waals surface area contributed by atoms with Gasteiger partial charge >= 0.3 is 0 Å². The van der Waals surface area contributed by atoms with Crippen molar-refractivity contribution in [2.45, 2.75) is 27.3 Å². The molecule has 6 nitrogen and oxygen atoms in total. The van der Waals surface area contributed by atoms with Crippen LogP contribution in [0.4, 0.5) is 5.69 Å². The Hall–Kier alpha value is -3.41. The van der Waals surface area contributed by atoms with Crippen LogP contribution in [0.3, 0.4) is 0 Å². The van der Waals surface area contributed by atoms with E-state index < -0.39 is 0 Å². The first kappa shape index (κ1) is 18.4. The molecule has 3 aromatic rings.